The van der Waals surface area contributed by atoms with Crippen LogP contribution in [-0.2, 0) is 21.3 Å². The number of benzene rings is 2. The molecular formula is C19H14Cl2F3N3O3. The molecule has 158 valence electrons. The highest BCUT2D eigenvalue weighted by Gasteiger charge is 2.49. The number of nitrogens with one attached hydrogen (secondary N) is 2. The van der Waals surface area contributed by atoms with Gasteiger partial charge in [0.05, 0.1) is 21.3 Å². The Labute approximate surface area is 178 Å². The van der Waals surface area contributed by atoms with E-state index in [4.69, 9.17) is 23.2 Å². The Morgan fingerprint density at radius 2 is 1.80 bits per heavy atom. The third kappa shape index (κ3) is 4.08. The van der Waals surface area contributed by atoms with Gasteiger partial charge >= 0.3 is 12.2 Å². The first-order chi connectivity index (χ1) is 13.9. The Kier molecular flexibility index (Phi) is 5.70. The molecule has 0 saturated carbocycles. The number of urea groups is 1. The maximum atomic E-state index is 13.1. The summed E-state index contributed by atoms with van der Waals surface area (Å²) >= 11 is 11.8. The molecule has 1 aliphatic rings. The zero-order valence-corrected chi connectivity index (χ0v) is 16.8. The van der Waals surface area contributed by atoms with Crippen molar-refractivity contribution in [1.82, 2.24) is 10.2 Å². The van der Waals surface area contributed by atoms with E-state index in [2.05, 4.69) is 10.6 Å². The van der Waals surface area contributed by atoms with Crippen molar-refractivity contribution in [3.8, 4) is 0 Å². The van der Waals surface area contributed by atoms with Gasteiger partial charge in [-0.3, -0.25) is 14.5 Å². The van der Waals surface area contributed by atoms with Gasteiger partial charge in [-0.25, -0.2) is 4.79 Å². The van der Waals surface area contributed by atoms with Crippen molar-refractivity contribution in [3.63, 3.8) is 0 Å². The lowest BCUT2D eigenvalue weighted by Crippen LogP contribution is -2.42. The average Bonchev–Trinajstić information content (AvgIpc) is 2.87. The number of para-hydroxylation sites is 1. The van der Waals surface area contributed by atoms with Crippen LogP contribution in [0, 0.1) is 0 Å². The van der Waals surface area contributed by atoms with Crippen LogP contribution in [-0.4, -0.2) is 29.3 Å². The highest BCUT2D eigenvalue weighted by atomic mass is 35.5. The maximum Gasteiger partial charge on any atom is 0.418 e. The number of carbonyl (C=O) groups is 3. The number of halogens is 5. The van der Waals surface area contributed by atoms with Crippen LogP contribution in [0.4, 0.5) is 23.7 Å². The smallest absolute Gasteiger partial charge is 0.324 e. The molecular weight excluding hydrogens is 446 g/mol. The van der Waals surface area contributed by atoms with E-state index in [0.717, 1.165) is 12.1 Å². The van der Waals surface area contributed by atoms with Crippen molar-refractivity contribution in [2.75, 3.05) is 11.9 Å². The average molecular weight is 460 g/mol. The first-order valence-corrected chi connectivity index (χ1v) is 9.25. The van der Waals surface area contributed by atoms with Crippen LogP contribution in [0.5, 0.6) is 0 Å². The number of imide groups is 1. The summed E-state index contributed by atoms with van der Waals surface area (Å²) in [5, 5.41) is 4.99. The molecule has 11 heteroatoms. The second kappa shape index (κ2) is 7.81. The van der Waals surface area contributed by atoms with E-state index in [1.807, 2.05) is 0 Å². The first-order valence-electron chi connectivity index (χ1n) is 8.49. The maximum absolute atomic E-state index is 13.1. The van der Waals surface area contributed by atoms with Crippen LogP contribution in [0.3, 0.4) is 0 Å². The summed E-state index contributed by atoms with van der Waals surface area (Å²) in [5.41, 5.74) is -2.71. The number of alkyl halides is 3. The molecule has 2 aromatic carbocycles. The summed E-state index contributed by atoms with van der Waals surface area (Å²) in [7, 11) is 0. The van der Waals surface area contributed by atoms with E-state index in [9.17, 15) is 27.6 Å². The van der Waals surface area contributed by atoms with Gasteiger partial charge in [-0.2, -0.15) is 13.2 Å². The van der Waals surface area contributed by atoms with E-state index in [1.54, 1.807) is 0 Å². The van der Waals surface area contributed by atoms with Gasteiger partial charge in [0, 0.05) is 0 Å². The minimum Gasteiger partial charge on any atom is -0.324 e. The van der Waals surface area contributed by atoms with Crippen LogP contribution < -0.4 is 10.6 Å². The number of rotatable bonds is 4. The summed E-state index contributed by atoms with van der Waals surface area (Å²) in [6, 6.07) is 7.87. The van der Waals surface area contributed by atoms with Gasteiger partial charge in [0.25, 0.3) is 5.91 Å². The lowest BCUT2D eigenvalue weighted by Gasteiger charge is -2.22. The van der Waals surface area contributed by atoms with Crippen molar-refractivity contribution in [3.05, 3.63) is 63.6 Å². The fourth-order valence-electron chi connectivity index (χ4n) is 3.02. The minimum absolute atomic E-state index is 0.164. The Balaban J connectivity index is 1.79. The lowest BCUT2D eigenvalue weighted by atomic mass is 9.92. The molecule has 6 nitrogen and oxygen atoms in total. The van der Waals surface area contributed by atoms with Crippen molar-refractivity contribution in [2.45, 2.75) is 18.6 Å². The zero-order chi connectivity index (χ0) is 22.3. The fourth-order valence-corrected chi connectivity index (χ4v) is 3.31. The van der Waals surface area contributed by atoms with Crippen molar-refractivity contribution in [2.24, 2.45) is 0 Å². The molecule has 1 saturated heterocycles. The third-order valence-electron chi connectivity index (χ3n) is 4.58. The standard InChI is InChI=1S/C19H14Cl2F3N3O3/c1-18(10-6-7-12(20)13(21)8-10)16(29)27(17(30)26-18)9-15(28)25-14-5-3-2-4-11(14)19(22,23)24/h2-8H,9H2,1H3,(H,25,28)(H,26,30). The van der Waals surface area contributed by atoms with E-state index in [0.29, 0.717) is 10.5 Å². The molecule has 1 unspecified atom stereocenters. The highest BCUT2D eigenvalue weighted by Crippen LogP contribution is 2.35. The second-order valence-corrected chi connectivity index (χ2v) is 7.48. The van der Waals surface area contributed by atoms with Crippen LogP contribution in [0.1, 0.15) is 18.1 Å². The zero-order valence-electron chi connectivity index (χ0n) is 15.3. The minimum atomic E-state index is -4.68. The lowest BCUT2D eigenvalue weighted by molar-refractivity contribution is -0.137. The van der Waals surface area contributed by atoms with E-state index < -0.39 is 47.4 Å². The molecule has 0 spiro atoms. The Morgan fingerprint density at radius 3 is 2.43 bits per heavy atom. The fraction of sp³-hybridized carbons (Fsp3) is 0.211. The molecule has 1 atom stereocenters. The van der Waals surface area contributed by atoms with Crippen LogP contribution in [0.2, 0.25) is 10.0 Å². The molecule has 1 fully saturated rings. The molecule has 2 N–H and O–H groups in total. The molecule has 30 heavy (non-hydrogen) atoms. The van der Waals surface area contributed by atoms with Gasteiger partial charge in [-0.15, -0.1) is 0 Å². The Morgan fingerprint density at radius 1 is 1.13 bits per heavy atom. The van der Waals surface area contributed by atoms with Gasteiger partial charge < -0.3 is 10.6 Å². The van der Waals surface area contributed by atoms with Crippen LogP contribution in [0.15, 0.2) is 42.5 Å². The van der Waals surface area contributed by atoms with Crippen molar-refractivity contribution >= 4 is 46.7 Å². The van der Waals surface area contributed by atoms with Gasteiger partial charge in [0.15, 0.2) is 0 Å². The molecule has 0 aromatic heterocycles. The number of nitrogens with zero attached hydrogens (tertiary/aromatic N) is 1. The summed E-state index contributed by atoms with van der Waals surface area (Å²) in [6.45, 7) is 0.650. The molecule has 1 heterocycles. The van der Waals surface area contributed by atoms with Gasteiger partial charge in [0.1, 0.15) is 12.1 Å². The van der Waals surface area contributed by atoms with E-state index in [-0.39, 0.29) is 10.0 Å². The largest absolute Gasteiger partial charge is 0.418 e. The molecule has 0 radical (unpaired) electrons. The number of anilines is 1. The van der Waals surface area contributed by atoms with Crippen LogP contribution >= 0.6 is 23.2 Å². The Hall–Kier alpha value is -2.78. The molecule has 0 bridgehead atoms. The third-order valence-corrected chi connectivity index (χ3v) is 5.32. The topological polar surface area (TPSA) is 78.5 Å². The second-order valence-electron chi connectivity index (χ2n) is 6.67. The summed E-state index contributed by atoms with van der Waals surface area (Å²) in [6.07, 6.45) is -4.68. The Bertz CT molecular complexity index is 1050. The summed E-state index contributed by atoms with van der Waals surface area (Å²) in [5.74, 6) is -1.72. The molecule has 3 rings (SSSR count). The molecule has 0 aliphatic carbocycles. The predicted octanol–water partition coefficient (Wildman–Crippen LogP) is 4.42. The quantitative estimate of drug-likeness (QED) is 0.664. The first kappa shape index (κ1) is 21.9. The van der Waals surface area contributed by atoms with Gasteiger partial charge in [-0.05, 0) is 36.8 Å². The van der Waals surface area contributed by atoms with Crippen molar-refractivity contribution < 1.29 is 27.6 Å². The molecule has 4 amide bonds. The number of hydrogen-bond donors (Lipinski definition) is 2. The summed E-state index contributed by atoms with van der Waals surface area (Å²) < 4.78 is 39.2. The normalized spacial score (nSPS) is 19.1. The number of hydrogen-bond acceptors (Lipinski definition) is 3. The van der Waals surface area contributed by atoms with Gasteiger partial charge in [0.2, 0.25) is 5.91 Å². The summed E-state index contributed by atoms with van der Waals surface area (Å²) in [4.78, 5) is 38.1. The number of carbonyl (C=O) groups excluding carboxylic acids is 3. The SMILES string of the molecule is CC1(c2ccc(Cl)c(Cl)c2)NC(=O)N(CC(=O)Nc2ccccc2C(F)(F)F)C1=O. The molecule has 1 aliphatic heterocycles. The monoisotopic (exact) mass is 459 g/mol. The van der Waals surface area contributed by atoms with E-state index >= 15 is 0 Å². The van der Waals surface area contributed by atoms with Gasteiger partial charge in [-0.1, -0.05) is 41.4 Å². The van der Waals surface area contributed by atoms with Crippen molar-refractivity contribution in [1.29, 1.82) is 0 Å². The highest BCUT2D eigenvalue weighted by molar-refractivity contribution is 6.42. The predicted molar refractivity (Wildman–Crippen MR) is 104 cm³/mol. The molecule has 2 aromatic rings. The number of amides is 4. The van der Waals surface area contributed by atoms with Crippen LogP contribution in [0.25, 0.3) is 0 Å². The van der Waals surface area contributed by atoms with E-state index in [1.165, 1.54) is 37.3 Å².